The summed E-state index contributed by atoms with van der Waals surface area (Å²) in [6, 6.07) is 10.7. The van der Waals surface area contributed by atoms with Crippen LogP contribution in [-0.2, 0) is 9.53 Å². The number of nitrogens with zero attached hydrogens (tertiary/aromatic N) is 3. The van der Waals surface area contributed by atoms with Crippen LogP contribution in [0.1, 0.15) is 20.3 Å². The number of ether oxygens (including phenoxy) is 2. The van der Waals surface area contributed by atoms with Crippen LogP contribution in [0.25, 0.3) is 5.65 Å². The summed E-state index contributed by atoms with van der Waals surface area (Å²) in [6.45, 7) is 5.84. The van der Waals surface area contributed by atoms with Gasteiger partial charge in [-0.25, -0.2) is 9.50 Å². The minimum atomic E-state index is 0.429. The van der Waals surface area contributed by atoms with E-state index >= 15 is 0 Å². The van der Waals surface area contributed by atoms with Crippen LogP contribution in [0.3, 0.4) is 0 Å². The number of allylic oxidation sites excluding steroid dienone is 1. The van der Waals surface area contributed by atoms with Gasteiger partial charge >= 0.3 is 0 Å². The van der Waals surface area contributed by atoms with Gasteiger partial charge in [-0.2, -0.15) is 0 Å². The fourth-order valence-corrected chi connectivity index (χ4v) is 3.17. The molecule has 0 atom stereocenters. The van der Waals surface area contributed by atoms with E-state index in [0.29, 0.717) is 29.6 Å². The van der Waals surface area contributed by atoms with E-state index in [1.807, 2.05) is 12.3 Å². The van der Waals surface area contributed by atoms with E-state index < -0.39 is 0 Å². The maximum atomic E-state index is 10.6. The van der Waals surface area contributed by atoms with Gasteiger partial charge in [0.2, 0.25) is 12.3 Å². The van der Waals surface area contributed by atoms with Crippen LogP contribution in [0.2, 0.25) is 0 Å². The molecule has 1 aliphatic rings. The van der Waals surface area contributed by atoms with Crippen molar-refractivity contribution in [2.24, 2.45) is 5.92 Å². The number of rotatable bonds is 8. The molecule has 8 heteroatoms. The molecule has 1 fully saturated rings. The van der Waals surface area contributed by atoms with Crippen molar-refractivity contribution in [2.45, 2.75) is 20.3 Å². The highest BCUT2D eigenvalue weighted by Gasteiger charge is 2.22. The van der Waals surface area contributed by atoms with Gasteiger partial charge in [0, 0.05) is 29.4 Å². The third-order valence-corrected chi connectivity index (χ3v) is 4.94. The summed E-state index contributed by atoms with van der Waals surface area (Å²) < 4.78 is 12.8. The second-order valence-corrected chi connectivity index (χ2v) is 6.87. The second kappa shape index (κ2) is 8.32. The lowest BCUT2D eigenvalue weighted by Gasteiger charge is -2.28. The topological polar surface area (TPSA) is 89.8 Å². The van der Waals surface area contributed by atoms with Crippen molar-refractivity contribution in [1.82, 2.24) is 14.6 Å². The van der Waals surface area contributed by atoms with Gasteiger partial charge in [0.15, 0.2) is 11.5 Å². The average molecular weight is 393 g/mol. The van der Waals surface area contributed by atoms with Gasteiger partial charge in [0.05, 0.1) is 19.4 Å². The summed E-state index contributed by atoms with van der Waals surface area (Å²) in [4.78, 5) is 15.2. The molecule has 0 radical (unpaired) electrons. The Balaban J connectivity index is 1.53. The second-order valence-electron chi connectivity index (χ2n) is 6.87. The number of fused-ring (bicyclic) bond motifs is 1. The summed E-state index contributed by atoms with van der Waals surface area (Å²) in [5.74, 6) is 2.23. The first-order valence-electron chi connectivity index (χ1n) is 9.55. The predicted molar refractivity (Wildman–Crippen MR) is 110 cm³/mol. The van der Waals surface area contributed by atoms with Crippen molar-refractivity contribution in [1.29, 1.82) is 0 Å². The van der Waals surface area contributed by atoms with E-state index in [2.05, 4.69) is 34.6 Å². The van der Waals surface area contributed by atoms with Gasteiger partial charge in [0.1, 0.15) is 5.75 Å². The van der Waals surface area contributed by atoms with Crippen LogP contribution in [0.4, 0.5) is 11.5 Å². The molecule has 2 aromatic heterocycles. The number of nitrogens with one attached hydrogen (secondary N) is 2. The monoisotopic (exact) mass is 393 g/mol. The van der Waals surface area contributed by atoms with Crippen LogP contribution >= 0.6 is 0 Å². The molecule has 3 heterocycles. The van der Waals surface area contributed by atoms with E-state index in [0.717, 1.165) is 36.8 Å². The average Bonchev–Trinajstić information content (AvgIpc) is 3.07. The molecular weight excluding hydrogens is 370 g/mol. The summed E-state index contributed by atoms with van der Waals surface area (Å²) in [6.07, 6.45) is 3.36. The van der Waals surface area contributed by atoms with Gasteiger partial charge in [0.25, 0.3) is 0 Å². The molecule has 0 aliphatic carbocycles. The highest BCUT2D eigenvalue weighted by Crippen LogP contribution is 2.26. The number of imidazole rings is 1. The zero-order chi connectivity index (χ0) is 20.2. The first kappa shape index (κ1) is 18.9. The van der Waals surface area contributed by atoms with Crippen LogP contribution < -0.4 is 15.4 Å². The third-order valence-electron chi connectivity index (χ3n) is 4.94. The van der Waals surface area contributed by atoms with Crippen LogP contribution in [-0.4, -0.2) is 34.2 Å². The lowest BCUT2D eigenvalue weighted by molar-refractivity contribution is -0.105. The minimum Gasteiger partial charge on any atom is -0.438 e. The molecular formula is C21H23N5O3. The predicted octanol–water partition coefficient (Wildman–Crippen LogP) is 3.83. The molecule has 8 nitrogen and oxygen atoms in total. The van der Waals surface area contributed by atoms with Gasteiger partial charge in [-0.3, -0.25) is 4.79 Å². The fourth-order valence-electron chi connectivity index (χ4n) is 3.17. The highest BCUT2D eigenvalue weighted by molar-refractivity contribution is 5.71. The largest absolute Gasteiger partial charge is 0.438 e. The lowest BCUT2D eigenvalue weighted by Crippen LogP contribution is -2.29. The first-order chi connectivity index (χ1) is 14.2. The number of aromatic nitrogens is 3. The number of hydrogen-bond acceptors (Lipinski definition) is 6. The smallest absolute Gasteiger partial charge is 0.237 e. The van der Waals surface area contributed by atoms with Crippen molar-refractivity contribution < 1.29 is 14.3 Å². The van der Waals surface area contributed by atoms with Crippen molar-refractivity contribution >= 4 is 23.6 Å². The summed E-state index contributed by atoms with van der Waals surface area (Å²) >= 11 is 0. The van der Waals surface area contributed by atoms with Gasteiger partial charge in [-0.15, -0.1) is 5.10 Å². The number of hydrogen-bond donors (Lipinski definition) is 2. The zero-order valence-electron chi connectivity index (χ0n) is 16.4. The number of carbonyl (C=O) groups excluding carboxylic acids is 1. The molecule has 2 N–H and O–H groups in total. The van der Waals surface area contributed by atoms with Gasteiger partial charge in [-0.1, -0.05) is 13.0 Å². The first-order valence-corrected chi connectivity index (χ1v) is 9.55. The molecule has 1 amide bonds. The van der Waals surface area contributed by atoms with Crippen molar-refractivity contribution in [3.8, 4) is 11.6 Å². The van der Waals surface area contributed by atoms with Crippen molar-refractivity contribution in [3.05, 3.63) is 53.9 Å². The van der Waals surface area contributed by atoms with Gasteiger partial charge < -0.3 is 20.1 Å². The molecule has 0 bridgehead atoms. The number of amides is 1. The number of anilines is 2. The molecule has 4 rings (SSSR count). The normalized spacial score (nSPS) is 14.8. The Hall–Kier alpha value is -3.39. The molecule has 1 aromatic carbocycles. The molecule has 0 saturated carbocycles. The number of benzene rings is 1. The minimum absolute atomic E-state index is 0.429. The Morgan fingerprint density at radius 3 is 2.93 bits per heavy atom. The van der Waals surface area contributed by atoms with Crippen LogP contribution in [0.15, 0.2) is 53.9 Å². The molecule has 0 spiro atoms. The number of carbonyl (C=O) groups is 1. The Morgan fingerprint density at radius 1 is 1.34 bits per heavy atom. The van der Waals surface area contributed by atoms with E-state index in [9.17, 15) is 4.79 Å². The molecule has 0 unspecified atom stereocenters. The Labute approximate surface area is 168 Å². The van der Waals surface area contributed by atoms with E-state index in [-0.39, 0.29) is 0 Å². The molecule has 29 heavy (non-hydrogen) atoms. The maximum absolute atomic E-state index is 10.6. The Morgan fingerprint density at radius 2 is 2.21 bits per heavy atom. The Kier molecular flexibility index (Phi) is 5.44. The SMILES string of the molecule is CC/C(Nc1cn2nc(Oc3cccc(NC=O)c3)ccc2n1)=C(\C)C1COC1. The Bertz CT molecular complexity index is 1060. The highest BCUT2D eigenvalue weighted by atomic mass is 16.5. The molecule has 1 aliphatic heterocycles. The van der Waals surface area contributed by atoms with Gasteiger partial charge in [-0.05, 0) is 37.1 Å². The maximum Gasteiger partial charge on any atom is 0.237 e. The van der Waals surface area contributed by atoms with E-state index in [1.165, 1.54) is 5.57 Å². The summed E-state index contributed by atoms with van der Waals surface area (Å²) in [5.41, 5.74) is 3.85. The summed E-state index contributed by atoms with van der Waals surface area (Å²) in [5, 5.41) is 10.5. The summed E-state index contributed by atoms with van der Waals surface area (Å²) in [7, 11) is 0. The molecule has 3 aromatic rings. The standard InChI is InChI=1S/C21H23N5O3/c1-3-18(14(2)15-11-28-12-15)23-19-10-26-20(24-19)7-8-21(25-26)29-17-6-4-5-16(9-17)22-13-27/h4-10,13,15,23H,3,11-12H2,1-2H3,(H,22,27)/b18-14-. The lowest BCUT2D eigenvalue weighted by atomic mass is 9.96. The van der Waals surface area contributed by atoms with Crippen molar-refractivity contribution in [2.75, 3.05) is 23.8 Å². The van der Waals surface area contributed by atoms with E-state index in [4.69, 9.17) is 9.47 Å². The van der Waals surface area contributed by atoms with Crippen LogP contribution in [0, 0.1) is 5.92 Å². The quantitative estimate of drug-likeness (QED) is 0.565. The molecule has 1 saturated heterocycles. The van der Waals surface area contributed by atoms with Crippen molar-refractivity contribution in [3.63, 3.8) is 0 Å². The third kappa shape index (κ3) is 4.22. The fraction of sp³-hybridized carbons (Fsp3) is 0.286. The zero-order valence-corrected chi connectivity index (χ0v) is 16.4. The van der Waals surface area contributed by atoms with Crippen LogP contribution in [0.5, 0.6) is 11.6 Å². The molecule has 150 valence electrons. The van der Waals surface area contributed by atoms with E-state index in [1.54, 1.807) is 34.8 Å².